The van der Waals surface area contributed by atoms with Crippen molar-refractivity contribution >= 4 is 5.69 Å². The molecule has 0 aliphatic rings. The van der Waals surface area contributed by atoms with Crippen LogP contribution in [0.2, 0.25) is 0 Å². The first-order valence-corrected chi connectivity index (χ1v) is 6.00. The molecule has 0 aliphatic carbocycles. The van der Waals surface area contributed by atoms with Crippen LogP contribution in [0.5, 0.6) is 0 Å². The van der Waals surface area contributed by atoms with Crippen LogP contribution in [0.25, 0.3) is 0 Å². The molecule has 18 heavy (non-hydrogen) atoms. The van der Waals surface area contributed by atoms with Crippen molar-refractivity contribution in [2.45, 2.75) is 13.0 Å². The number of hydrogen-bond acceptors (Lipinski definition) is 4. The highest BCUT2D eigenvalue weighted by molar-refractivity contribution is 5.42. The van der Waals surface area contributed by atoms with Crippen LogP contribution in [-0.4, -0.2) is 11.5 Å². The molecule has 0 aliphatic heterocycles. The van der Waals surface area contributed by atoms with Gasteiger partial charge in [0.1, 0.15) is 0 Å². The fourth-order valence-corrected chi connectivity index (χ4v) is 1.76. The molecule has 94 valence electrons. The molecule has 4 N–H and O–H groups in total. The van der Waals surface area contributed by atoms with E-state index in [0.29, 0.717) is 6.54 Å². The van der Waals surface area contributed by atoms with Crippen LogP contribution < -0.4 is 16.6 Å². The fraction of sp³-hybridized carbons (Fsp3) is 0.214. The Morgan fingerprint density at radius 3 is 2.17 bits per heavy atom. The van der Waals surface area contributed by atoms with E-state index < -0.39 is 0 Å². The van der Waals surface area contributed by atoms with Gasteiger partial charge < -0.3 is 10.7 Å². The third-order valence-corrected chi connectivity index (χ3v) is 2.89. The summed E-state index contributed by atoms with van der Waals surface area (Å²) in [6.45, 7) is 1.35. The summed E-state index contributed by atoms with van der Waals surface area (Å²) in [6.07, 6.45) is 4.39. The molecule has 0 fully saturated rings. The van der Waals surface area contributed by atoms with Crippen LogP contribution >= 0.6 is 0 Å². The van der Waals surface area contributed by atoms with Crippen LogP contribution in [0, 0.1) is 0 Å². The Morgan fingerprint density at radius 2 is 1.56 bits per heavy atom. The number of hydrazine groups is 1. The molecule has 1 aromatic heterocycles. The first-order valence-electron chi connectivity index (χ1n) is 6.00. The molecule has 0 saturated heterocycles. The second kappa shape index (κ2) is 6.14. The van der Waals surface area contributed by atoms with Crippen molar-refractivity contribution in [3.05, 3.63) is 59.9 Å². The molecule has 0 unspecified atom stereocenters. The highest BCUT2D eigenvalue weighted by atomic mass is 15.4. The van der Waals surface area contributed by atoms with Crippen LogP contribution in [0.15, 0.2) is 48.8 Å². The highest BCUT2D eigenvalue weighted by Gasteiger charge is 2.01. The molecule has 0 atom stereocenters. The van der Waals surface area contributed by atoms with Gasteiger partial charge in [0.15, 0.2) is 0 Å². The lowest BCUT2D eigenvalue weighted by atomic mass is 10.1. The van der Waals surface area contributed by atoms with Crippen molar-refractivity contribution in [3.63, 3.8) is 0 Å². The number of nitrogens with zero attached hydrogens (tertiary/aromatic N) is 2. The van der Waals surface area contributed by atoms with Gasteiger partial charge in [-0.2, -0.15) is 0 Å². The molecule has 0 bridgehead atoms. The summed E-state index contributed by atoms with van der Waals surface area (Å²) in [4.78, 5) is 3.97. The van der Waals surface area contributed by atoms with E-state index in [0.717, 1.165) is 24.2 Å². The Labute approximate surface area is 107 Å². The van der Waals surface area contributed by atoms with E-state index in [2.05, 4.69) is 29.2 Å². The van der Waals surface area contributed by atoms with Gasteiger partial charge in [0, 0.05) is 25.5 Å². The van der Waals surface area contributed by atoms with Crippen LogP contribution in [-0.2, 0) is 13.0 Å². The maximum atomic E-state index is 5.98. The van der Waals surface area contributed by atoms with E-state index in [1.165, 1.54) is 5.56 Å². The molecule has 0 saturated carbocycles. The quantitative estimate of drug-likeness (QED) is 0.615. The van der Waals surface area contributed by atoms with Gasteiger partial charge in [-0.05, 0) is 29.7 Å². The van der Waals surface area contributed by atoms with Gasteiger partial charge in [-0.1, -0.05) is 24.3 Å². The molecular formula is C14H18N4. The van der Waals surface area contributed by atoms with Gasteiger partial charge in [-0.25, -0.2) is 5.84 Å². The second-order valence-electron chi connectivity index (χ2n) is 4.17. The third-order valence-electron chi connectivity index (χ3n) is 2.89. The zero-order valence-corrected chi connectivity index (χ0v) is 10.3. The van der Waals surface area contributed by atoms with Crippen molar-refractivity contribution in [2.24, 2.45) is 11.6 Å². The van der Waals surface area contributed by atoms with E-state index in [1.807, 2.05) is 12.1 Å². The summed E-state index contributed by atoms with van der Waals surface area (Å²) in [5.41, 5.74) is 8.95. The molecule has 2 rings (SSSR count). The topological polar surface area (TPSA) is 68.2 Å². The predicted octanol–water partition coefficient (Wildman–Crippen LogP) is 1.46. The smallest absolute Gasteiger partial charge is 0.0547 e. The lowest BCUT2D eigenvalue weighted by molar-refractivity contribution is 0.822. The third kappa shape index (κ3) is 3.29. The second-order valence-corrected chi connectivity index (χ2v) is 4.17. The van der Waals surface area contributed by atoms with Crippen molar-refractivity contribution in [2.75, 3.05) is 11.6 Å². The fourth-order valence-electron chi connectivity index (χ4n) is 1.76. The molecule has 0 spiro atoms. The zero-order valence-electron chi connectivity index (χ0n) is 10.3. The average Bonchev–Trinajstić information content (AvgIpc) is 2.46. The van der Waals surface area contributed by atoms with E-state index in [9.17, 15) is 0 Å². The largest absolute Gasteiger partial charge is 0.326 e. The van der Waals surface area contributed by atoms with Gasteiger partial charge in [-0.15, -0.1) is 0 Å². The van der Waals surface area contributed by atoms with E-state index in [4.69, 9.17) is 11.6 Å². The Morgan fingerprint density at radius 1 is 0.944 bits per heavy atom. The Hall–Kier alpha value is -1.91. The standard InChI is InChI=1S/C14H18N4/c15-11-13-3-1-12(2-4-13)7-10-18(16)14-5-8-17-9-6-14/h1-6,8-9H,7,10-11,15-16H2. The molecule has 1 heterocycles. The first kappa shape index (κ1) is 12.5. The molecule has 1 aromatic carbocycles. The number of anilines is 1. The first-order chi connectivity index (χ1) is 8.79. The van der Waals surface area contributed by atoms with Crippen molar-refractivity contribution in [1.82, 2.24) is 4.98 Å². The minimum absolute atomic E-state index is 0.584. The monoisotopic (exact) mass is 242 g/mol. The van der Waals surface area contributed by atoms with Gasteiger partial charge in [0.2, 0.25) is 0 Å². The Balaban J connectivity index is 1.91. The number of hydrogen-bond donors (Lipinski definition) is 2. The van der Waals surface area contributed by atoms with Crippen molar-refractivity contribution < 1.29 is 0 Å². The Kier molecular flexibility index (Phi) is 4.28. The predicted molar refractivity (Wildman–Crippen MR) is 73.8 cm³/mol. The summed E-state index contributed by atoms with van der Waals surface area (Å²) in [5, 5.41) is 1.73. The average molecular weight is 242 g/mol. The SMILES string of the molecule is NCc1ccc(CCN(N)c2ccncc2)cc1. The van der Waals surface area contributed by atoms with Gasteiger partial charge in [0.05, 0.1) is 5.69 Å². The van der Waals surface area contributed by atoms with Gasteiger partial charge in [0.25, 0.3) is 0 Å². The summed E-state index contributed by atoms with van der Waals surface area (Å²) in [6, 6.07) is 12.1. The normalized spacial score (nSPS) is 10.3. The number of nitrogens with two attached hydrogens (primary N) is 2. The summed E-state index contributed by atoms with van der Waals surface area (Å²) < 4.78 is 0. The number of aromatic nitrogens is 1. The van der Waals surface area contributed by atoms with E-state index in [-0.39, 0.29) is 0 Å². The highest BCUT2D eigenvalue weighted by Crippen LogP contribution is 2.10. The summed E-state index contributed by atoms with van der Waals surface area (Å²) in [7, 11) is 0. The maximum absolute atomic E-state index is 5.98. The van der Waals surface area contributed by atoms with Crippen LogP contribution in [0.3, 0.4) is 0 Å². The lowest BCUT2D eigenvalue weighted by Gasteiger charge is -2.18. The minimum atomic E-state index is 0.584. The van der Waals surface area contributed by atoms with Gasteiger partial charge in [-0.3, -0.25) is 4.98 Å². The molecule has 4 nitrogen and oxygen atoms in total. The molecule has 0 radical (unpaired) electrons. The van der Waals surface area contributed by atoms with E-state index >= 15 is 0 Å². The molecule has 2 aromatic rings. The Bertz CT molecular complexity index is 467. The van der Waals surface area contributed by atoms with Crippen molar-refractivity contribution in [3.8, 4) is 0 Å². The summed E-state index contributed by atoms with van der Waals surface area (Å²) in [5.74, 6) is 5.98. The summed E-state index contributed by atoms with van der Waals surface area (Å²) >= 11 is 0. The number of pyridine rings is 1. The number of rotatable bonds is 5. The molecule has 4 heteroatoms. The molecular weight excluding hydrogens is 224 g/mol. The zero-order chi connectivity index (χ0) is 12.8. The lowest BCUT2D eigenvalue weighted by Crippen LogP contribution is -2.32. The minimum Gasteiger partial charge on any atom is -0.326 e. The molecule has 0 amide bonds. The van der Waals surface area contributed by atoms with E-state index in [1.54, 1.807) is 17.4 Å². The van der Waals surface area contributed by atoms with Crippen LogP contribution in [0.1, 0.15) is 11.1 Å². The van der Waals surface area contributed by atoms with Crippen molar-refractivity contribution in [1.29, 1.82) is 0 Å². The van der Waals surface area contributed by atoms with Crippen LogP contribution in [0.4, 0.5) is 5.69 Å². The maximum Gasteiger partial charge on any atom is 0.0547 e. The number of benzene rings is 1. The van der Waals surface area contributed by atoms with Gasteiger partial charge >= 0.3 is 0 Å².